The fraction of sp³-hybridized carbons (Fsp3) is 0.435. The molecule has 10 heteroatoms. The van der Waals surface area contributed by atoms with Gasteiger partial charge < -0.3 is 34.3 Å². The summed E-state index contributed by atoms with van der Waals surface area (Å²) < 4.78 is 11.3. The second-order valence-electron chi connectivity index (χ2n) is 8.61. The van der Waals surface area contributed by atoms with E-state index in [-0.39, 0.29) is 18.8 Å². The van der Waals surface area contributed by atoms with Gasteiger partial charge in [0.1, 0.15) is 11.3 Å². The summed E-state index contributed by atoms with van der Waals surface area (Å²) in [5.41, 5.74) is 3.52. The number of imidazole rings is 1. The maximum absolute atomic E-state index is 9.58. The number of H-pyrrole nitrogens is 2. The fourth-order valence-corrected chi connectivity index (χ4v) is 4.69. The van der Waals surface area contributed by atoms with Crippen molar-refractivity contribution in [1.29, 1.82) is 0 Å². The van der Waals surface area contributed by atoms with Gasteiger partial charge in [-0.25, -0.2) is 4.98 Å². The Labute approximate surface area is 190 Å². The highest BCUT2D eigenvalue weighted by molar-refractivity contribution is 5.96. The number of morpholine rings is 2. The van der Waals surface area contributed by atoms with Crippen LogP contribution < -0.4 is 9.80 Å². The van der Waals surface area contributed by atoms with E-state index in [0.29, 0.717) is 44.5 Å². The topological polar surface area (TPSA) is 115 Å². The van der Waals surface area contributed by atoms with Crippen molar-refractivity contribution < 1.29 is 14.6 Å². The van der Waals surface area contributed by atoms with Crippen LogP contribution in [0, 0.1) is 0 Å². The molecule has 2 fully saturated rings. The van der Waals surface area contributed by atoms with Crippen molar-refractivity contribution in [1.82, 2.24) is 24.9 Å². The van der Waals surface area contributed by atoms with Crippen LogP contribution in [-0.2, 0) is 9.47 Å². The van der Waals surface area contributed by atoms with Crippen LogP contribution in [0.1, 0.15) is 6.92 Å². The molecule has 0 saturated carbocycles. The van der Waals surface area contributed by atoms with E-state index in [2.05, 4.69) is 44.9 Å². The summed E-state index contributed by atoms with van der Waals surface area (Å²) in [6.45, 7) is 5.89. The highest BCUT2D eigenvalue weighted by atomic mass is 16.5. The van der Waals surface area contributed by atoms with E-state index in [4.69, 9.17) is 24.4 Å². The van der Waals surface area contributed by atoms with Crippen molar-refractivity contribution in [2.24, 2.45) is 0 Å². The Kier molecular flexibility index (Phi) is 5.12. The van der Waals surface area contributed by atoms with Crippen LogP contribution in [0.3, 0.4) is 0 Å². The standard InChI is InChI=1S/C23H27N7O3/c1-14-13-32-9-8-30(14)22-19-21(27-23(28-22)29-7-10-33-15(11-29)12-31)26-20(25-19)17-3-2-4-18-16(17)5-6-24-18/h2-6,14-15,24,31H,7-13H2,1H3,(H,25,26,27,28)/t14?,15-/m0/s1. The van der Waals surface area contributed by atoms with Crippen LogP contribution in [0.2, 0.25) is 0 Å². The molecule has 10 nitrogen and oxygen atoms in total. The second-order valence-corrected chi connectivity index (χ2v) is 8.61. The van der Waals surface area contributed by atoms with E-state index in [1.54, 1.807) is 0 Å². The van der Waals surface area contributed by atoms with Crippen LogP contribution in [0.4, 0.5) is 11.8 Å². The van der Waals surface area contributed by atoms with Gasteiger partial charge >= 0.3 is 0 Å². The van der Waals surface area contributed by atoms with Crippen LogP contribution in [-0.4, -0.2) is 88.2 Å². The van der Waals surface area contributed by atoms with Gasteiger partial charge in [0.15, 0.2) is 11.5 Å². The molecule has 4 aromatic rings. The first kappa shape index (κ1) is 20.4. The molecular weight excluding hydrogens is 422 g/mol. The molecule has 2 aliphatic heterocycles. The minimum Gasteiger partial charge on any atom is -0.394 e. The van der Waals surface area contributed by atoms with Gasteiger partial charge in [0.2, 0.25) is 5.95 Å². The predicted molar refractivity (Wildman–Crippen MR) is 126 cm³/mol. The van der Waals surface area contributed by atoms with Crippen molar-refractivity contribution in [2.75, 3.05) is 55.9 Å². The minimum atomic E-state index is -0.246. The summed E-state index contributed by atoms with van der Waals surface area (Å²) in [7, 11) is 0. The van der Waals surface area contributed by atoms with Crippen molar-refractivity contribution in [3.8, 4) is 11.4 Å². The number of fused-ring (bicyclic) bond motifs is 2. The quantitative estimate of drug-likeness (QED) is 0.433. The molecule has 0 aliphatic carbocycles. The third kappa shape index (κ3) is 3.60. The average molecular weight is 450 g/mol. The molecule has 2 aliphatic rings. The molecule has 0 amide bonds. The van der Waals surface area contributed by atoms with Crippen molar-refractivity contribution >= 4 is 33.8 Å². The molecule has 2 atom stereocenters. The third-order valence-corrected chi connectivity index (χ3v) is 6.44. The maximum Gasteiger partial charge on any atom is 0.229 e. The van der Waals surface area contributed by atoms with Gasteiger partial charge in [-0.05, 0) is 19.1 Å². The van der Waals surface area contributed by atoms with E-state index in [1.807, 2.05) is 12.3 Å². The van der Waals surface area contributed by atoms with Crippen molar-refractivity contribution in [3.63, 3.8) is 0 Å². The first-order chi connectivity index (χ1) is 16.2. The summed E-state index contributed by atoms with van der Waals surface area (Å²) in [6.07, 6.45) is 1.69. The number of hydrogen-bond acceptors (Lipinski definition) is 8. The zero-order valence-corrected chi connectivity index (χ0v) is 18.5. The van der Waals surface area contributed by atoms with Crippen LogP contribution in [0.15, 0.2) is 30.5 Å². The molecule has 0 radical (unpaired) electrons. The number of aliphatic hydroxyl groups is 1. The molecule has 1 aromatic carbocycles. The Morgan fingerprint density at radius 1 is 1.15 bits per heavy atom. The van der Waals surface area contributed by atoms with Gasteiger partial charge in [0.05, 0.1) is 38.6 Å². The first-order valence-corrected chi connectivity index (χ1v) is 11.4. The Balaban J connectivity index is 1.50. The highest BCUT2D eigenvalue weighted by Gasteiger charge is 2.28. The Bertz CT molecular complexity index is 1290. The van der Waals surface area contributed by atoms with Gasteiger partial charge in [0.25, 0.3) is 0 Å². The van der Waals surface area contributed by atoms with Crippen molar-refractivity contribution in [3.05, 3.63) is 30.5 Å². The van der Waals surface area contributed by atoms with Gasteiger partial charge in [-0.2, -0.15) is 9.97 Å². The lowest BCUT2D eigenvalue weighted by molar-refractivity contribution is 0.00315. The monoisotopic (exact) mass is 449 g/mol. The maximum atomic E-state index is 9.58. The lowest BCUT2D eigenvalue weighted by Crippen LogP contribution is -2.46. The fourth-order valence-electron chi connectivity index (χ4n) is 4.69. The number of nitrogens with zero attached hydrogens (tertiary/aromatic N) is 5. The number of aliphatic hydroxyl groups excluding tert-OH is 1. The molecule has 5 heterocycles. The SMILES string of the molecule is CC1COCCN1c1nc(N2CCO[C@H](CO)C2)nc2nc(-c3cccc4[nH]ccc34)[nH]c12. The third-order valence-electron chi connectivity index (χ3n) is 6.44. The summed E-state index contributed by atoms with van der Waals surface area (Å²) in [4.78, 5) is 25.8. The van der Waals surface area contributed by atoms with E-state index in [1.165, 1.54) is 0 Å². The summed E-state index contributed by atoms with van der Waals surface area (Å²) in [5, 5.41) is 10.7. The van der Waals surface area contributed by atoms with E-state index in [0.717, 1.165) is 40.2 Å². The highest BCUT2D eigenvalue weighted by Crippen LogP contribution is 2.32. The summed E-state index contributed by atoms with van der Waals surface area (Å²) >= 11 is 0. The number of hydrogen-bond donors (Lipinski definition) is 3. The van der Waals surface area contributed by atoms with E-state index in [9.17, 15) is 5.11 Å². The van der Waals surface area contributed by atoms with Gasteiger partial charge in [-0.1, -0.05) is 12.1 Å². The zero-order valence-electron chi connectivity index (χ0n) is 18.5. The molecule has 1 unspecified atom stereocenters. The lowest BCUT2D eigenvalue weighted by Gasteiger charge is -2.36. The average Bonchev–Trinajstić information content (AvgIpc) is 3.51. The Morgan fingerprint density at radius 3 is 2.97 bits per heavy atom. The number of aromatic amines is 2. The smallest absolute Gasteiger partial charge is 0.229 e. The van der Waals surface area contributed by atoms with Crippen molar-refractivity contribution in [2.45, 2.75) is 19.1 Å². The first-order valence-electron chi connectivity index (χ1n) is 11.4. The number of anilines is 2. The molecule has 3 N–H and O–H groups in total. The van der Waals surface area contributed by atoms with Crippen LogP contribution in [0.25, 0.3) is 33.5 Å². The predicted octanol–water partition coefficient (Wildman–Crippen LogP) is 1.92. The second kappa shape index (κ2) is 8.29. The lowest BCUT2D eigenvalue weighted by atomic mass is 10.1. The number of benzene rings is 1. The molecule has 2 saturated heterocycles. The molecule has 0 spiro atoms. The van der Waals surface area contributed by atoms with Gasteiger partial charge in [-0.3, -0.25) is 0 Å². The van der Waals surface area contributed by atoms with Gasteiger partial charge in [-0.15, -0.1) is 0 Å². The zero-order chi connectivity index (χ0) is 22.4. The van der Waals surface area contributed by atoms with Gasteiger partial charge in [0, 0.05) is 42.3 Å². The summed E-state index contributed by atoms with van der Waals surface area (Å²) in [6, 6.07) is 8.37. The summed E-state index contributed by atoms with van der Waals surface area (Å²) in [5.74, 6) is 2.20. The Hall–Kier alpha value is -3.21. The Morgan fingerprint density at radius 2 is 2.09 bits per heavy atom. The van der Waals surface area contributed by atoms with Crippen LogP contribution in [0.5, 0.6) is 0 Å². The van der Waals surface area contributed by atoms with E-state index >= 15 is 0 Å². The minimum absolute atomic E-state index is 0.0284. The molecule has 3 aromatic heterocycles. The normalized spacial score (nSPS) is 21.9. The number of aromatic nitrogens is 5. The van der Waals surface area contributed by atoms with E-state index < -0.39 is 0 Å². The molecule has 172 valence electrons. The molecule has 0 bridgehead atoms. The molecular formula is C23H27N7O3. The number of nitrogens with one attached hydrogen (secondary N) is 2. The molecule has 6 rings (SSSR count). The largest absolute Gasteiger partial charge is 0.394 e. The number of rotatable bonds is 4. The van der Waals surface area contributed by atoms with Crippen LogP contribution >= 0.6 is 0 Å². The number of ether oxygens (including phenoxy) is 2. The molecule has 33 heavy (non-hydrogen) atoms.